The van der Waals surface area contributed by atoms with Crippen LogP contribution < -0.4 is 0 Å². The van der Waals surface area contributed by atoms with Gasteiger partial charge in [-0.2, -0.15) is 0 Å². The molecular formula is C35H51N5O6Si. The van der Waals surface area contributed by atoms with Crippen molar-refractivity contribution < 1.29 is 28.9 Å². The van der Waals surface area contributed by atoms with Crippen LogP contribution in [0.25, 0.3) is 22.4 Å². The fourth-order valence-electron chi connectivity index (χ4n) is 6.10. The third-order valence-corrected chi connectivity index (χ3v) is 10.3. The van der Waals surface area contributed by atoms with Crippen LogP contribution in [0.5, 0.6) is 0 Å². The summed E-state index contributed by atoms with van der Waals surface area (Å²) in [5.74, 6) is -0.331. The molecule has 0 radical (unpaired) electrons. The topological polar surface area (TPSA) is 119 Å². The molecule has 2 aliphatic rings. The van der Waals surface area contributed by atoms with Gasteiger partial charge in [0.25, 0.3) is 5.91 Å². The number of carbonyl (C=O) groups excluding carboxylic acids is 2. The van der Waals surface area contributed by atoms with Gasteiger partial charge in [0.1, 0.15) is 23.4 Å². The lowest BCUT2D eigenvalue weighted by Crippen LogP contribution is -2.48. The lowest BCUT2D eigenvalue weighted by Gasteiger charge is -2.40. The van der Waals surface area contributed by atoms with Crippen LogP contribution in [0.2, 0.25) is 25.7 Å². The lowest BCUT2D eigenvalue weighted by atomic mass is 9.87. The zero-order valence-corrected chi connectivity index (χ0v) is 30.5. The molecule has 1 saturated heterocycles. The van der Waals surface area contributed by atoms with E-state index in [0.717, 1.165) is 57.3 Å². The first kappa shape index (κ1) is 35.0. The maximum atomic E-state index is 13.5. The van der Waals surface area contributed by atoms with Crippen LogP contribution in [0.3, 0.4) is 0 Å². The number of carbonyl (C=O) groups is 2. The number of morpholine rings is 1. The number of hydrogen-bond donors (Lipinski definition) is 1. The summed E-state index contributed by atoms with van der Waals surface area (Å²) in [7, 11) is -1.19. The summed E-state index contributed by atoms with van der Waals surface area (Å²) in [5.41, 5.74) is 4.95. The molecule has 1 aromatic carbocycles. The average molecular weight is 666 g/mol. The van der Waals surface area contributed by atoms with Gasteiger partial charge in [-0.1, -0.05) is 19.6 Å². The Labute approximate surface area is 279 Å². The van der Waals surface area contributed by atoms with Crippen molar-refractivity contribution in [2.45, 2.75) is 104 Å². The van der Waals surface area contributed by atoms with Crippen molar-refractivity contribution in [3.63, 3.8) is 0 Å². The maximum Gasteiger partial charge on any atom is 0.410 e. The van der Waals surface area contributed by atoms with Crippen molar-refractivity contribution >= 4 is 31.2 Å². The van der Waals surface area contributed by atoms with E-state index in [4.69, 9.17) is 24.2 Å². The minimum atomic E-state index is -1.49. The van der Waals surface area contributed by atoms with E-state index in [1.165, 1.54) is 13.8 Å². The molecule has 1 atom stereocenters. The number of aliphatic hydroxyl groups is 1. The second-order valence-electron chi connectivity index (χ2n) is 15.6. The molecule has 2 amide bonds. The monoisotopic (exact) mass is 665 g/mol. The molecule has 256 valence electrons. The van der Waals surface area contributed by atoms with Gasteiger partial charge in [-0.15, -0.1) is 0 Å². The van der Waals surface area contributed by atoms with Gasteiger partial charge in [-0.25, -0.2) is 14.8 Å². The van der Waals surface area contributed by atoms with Crippen LogP contribution in [0, 0.1) is 6.92 Å². The summed E-state index contributed by atoms with van der Waals surface area (Å²) in [6, 6.07) is 4.84. The first-order chi connectivity index (χ1) is 21.9. The zero-order valence-electron chi connectivity index (χ0n) is 29.5. The van der Waals surface area contributed by atoms with Crippen LogP contribution in [-0.4, -0.2) is 93.6 Å². The minimum Gasteiger partial charge on any atom is -0.444 e. The highest BCUT2D eigenvalue weighted by atomic mass is 28.3. The largest absolute Gasteiger partial charge is 0.444 e. The van der Waals surface area contributed by atoms with E-state index in [9.17, 15) is 14.7 Å². The average Bonchev–Trinajstić information content (AvgIpc) is 3.30. The van der Waals surface area contributed by atoms with E-state index in [1.54, 1.807) is 16.0 Å². The van der Waals surface area contributed by atoms with E-state index >= 15 is 0 Å². The van der Waals surface area contributed by atoms with Crippen molar-refractivity contribution in [3.05, 3.63) is 46.8 Å². The van der Waals surface area contributed by atoms with E-state index in [2.05, 4.69) is 31.8 Å². The minimum absolute atomic E-state index is 0.291. The normalized spacial score (nSPS) is 17.6. The van der Waals surface area contributed by atoms with Gasteiger partial charge in [-0.3, -0.25) is 9.69 Å². The van der Waals surface area contributed by atoms with Gasteiger partial charge in [0.15, 0.2) is 5.65 Å². The smallest absolute Gasteiger partial charge is 0.410 e. The SMILES string of the molecule is Cc1cn(COCC[Si](C)(C)C)c2ncc(-c3cc4c(c([C@@H]5COCCN5C(=O)OC(C)(C)C)c3)CN(C(=O)C(C)(C)O)CC4)nc12. The molecule has 4 heterocycles. The Hall–Kier alpha value is -3.32. The molecule has 3 aromatic rings. The quantitative estimate of drug-likeness (QED) is 0.241. The predicted molar refractivity (Wildman–Crippen MR) is 184 cm³/mol. The summed E-state index contributed by atoms with van der Waals surface area (Å²) >= 11 is 0. The fraction of sp³-hybridized carbons (Fsp3) is 0.600. The molecule has 0 unspecified atom stereocenters. The van der Waals surface area contributed by atoms with Crippen LogP contribution >= 0.6 is 0 Å². The molecule has 47 heavy (non-hydrogen) atoms. The summed E-state index contributed by atoms with van der Waals surface area (Å²) in [5, 5.41) is 10.5. The third-order valence-electron chi connectivity index (χ3n) is 8.57. The Morgan fingerprint density at radius 2 is 1.87 bits per heavy atom. The highest BCUT2D eigenvalue weighted by molar-refractivity contribution is 6.76. The Bertz CT molecular complexity index is 1630. The van der Waals surface area contributed by atoms with Crippen LogP contribution in [0.1, 0.15) is 62.9 Å². The van der Waals surface area contributed by atoms with Crippen molar-refractivity contribution in [2.75, 3.05) is 32.9 Å². The number of hydrogen-bond acceptors (Lipinski definition) is 8. The molecule has 1 fully saturated rings. The summed E-state index contributed by atoms with van der Waals surface area (Å²) in [6.07, 6.45) is 4.02. The Balaban J connectivity index is 1.54. The maximum absolute atomic E-state index is 13.5. The van der Waals surface area contributed by atoms with Gasteiger partial charge >= 0.3 is 6.09 Å². The molecule has 11 nitrogen and oxygen atoms in total. The number of aryl methyl sites for hydroxylation is 1. The van der Waals surface area contributed by atoms with E-state index in [1.807, 2.05) is 38.5 Å². The number of benzene rings is 1. The second kappa shape index (κ2) is 13.3. The Morgan fingerprint density at radius 1 is 1.13 bits per heavy atom. The van der Waals surface area contributed by atoms with Gasteiger partial charge in [0.2, 0.25) is 0 Å². The molecule has 1 N–H and O–H groups in total. The number of nitrogens with zero attached hydrogens (tertiary/aromatic N) is 5. The molecule has 0 spiro atoms. The van der Waals surface area contributed by atoms with Crippen molar-refractivity contribution in [1.82, 2.24) is 24.3 Å². The number of ether oxygens (including phenoxy) is 3. The van der Waals surface area contributed by atoms with E-state index in [0.29, 0.717) is 46.0 Å². The first-order valence-corrected chi connectivity index (χ1v) is 20.3. The summed E-state index contributed by atoms with van der Waals surface area (Å²) in [6.45, 7) is 20.6. The molecule has 12 heteroatoms. The number of aromatic nitrogens is 3. The standard InChI is InChI=1S/C35H51N5O6Si/c1-23-19-39(22-45-14-15-47(7,8)9)31-30(23)37-28(18-36-31)25-16-24-10-11-38(32(41)35(5,6)43)20-27(24)26(17-25)29-21-44-13-12-40(29)33(42)46-34(2,3)4/h16-19,29,43H,10-15,20-22H2,1-9H3/t29-/m0/s1. The van der Waals surface area contributed by atoms with Crippen LogP contribution in [0.4, 0.5) is 4.79 Å². The van der Waals surface area contributed by atoms with Crippen LogP contribution in [-0.2, 0) is 38.7 Å². The molecule has 0 bridgehead atoms. The van der Waals surface area contributed by atoms with Gasteiger partial charge in [0, 0.05) is 46.1 Å². The molecule has 2 aliphatic heterocycles. The molecule has 0 aliphatic carbocycles. The van der Waals surface area contributed by atoms with E-state index in [-0.39, 0.29) is 5.91 Å². The summed E-state index contributed by atoms with van der Waals surface area (Å²) < 4.78 is 19.8. The molecule has 2 aromatic heterocycles. The van der Waals surface area contributed by atoms with E-state index < -0.39 is 31.4 Å². The predicted octanol–water partition coefficient (Wildman–Crippen LogP) is 5.68. The first-order valence-electron chi connectivity index (χ1n) is 16.6. The van der Waals surface area contributed by atoms with Crippen molar-refractivity contribution in [3.8, 4) is 11.3 Å². The van der Waals surface area contributed by atoms with Crippen molar-refractivity contribution in [1.29, 1.82) is 0 Å². The highest BCUT2D eigenvalue weighted by Gasteiger charge is 2.37. The Kier molecular flexibility index (Phi) is 9.90. The second-order valence-corrected chi connectivity index (χ2v) is 21.2. The van der Waals surface area contributed by atoms with Gasteiger partial charge in [0.05, 0.1) is 31.1 Å². The number of amides is 2. The lowest BCUT2D eigenvalue weighted by molar-refractivity contribution is -0.148. The van der Waals surface area contributed by atoms with Gasteiger partial charge < -0.3 is 28.8 Å². The third kappa shape index (κ3) is 8.22. The van der Waals surface area contributed by atoms with Crippen LogP contribution in [0.15, 0.2) is 24.5 Å². The van der Waals surface area contributed by atoms with Gasteiger partial charge in [-0.05, 0) is 88.4 Å². The van der Waals surface area contributed by atoms with Crippen molar-refractivity contribution in [2.24, 2.45) is 0 Å². The molecule has 5 rings (SSSR count). The molecule has 0 saturated carbocycles. The number of rotatable bonds is 8. The molecular weight excluding hydrogens is 615 g/mol. The number of fused-ring (bicyclic) bond motifs is 2. The summed E-state index contributed by atoms with van der Waals surface area (Å²) in [4.78, 5) is 40.0. The Morgan fingerprint density at radius 3 is 2.55 bits per heavy atom. The highest BCUT2D eigenvalue weighted by Crippen LogP contribution is 2.37. The fourth-order valence-corrected chi connectivity index (χ4v) is 6.85. The zero-order chi connectivity index (χ0) is 34.3.